The normalized spacial score (nSPS) is 27.8. The Balaban J connectivity index is 2.05. The molecule has 0 spiro atoms. The Morgan fingerprint density at radius 3 is 2.45 bits per heavy atom. The molecule has 1 aromatic heterocycles. The summed E-state index contributed by atoms with van der Waals surface area (Å²) in [6.07, 6.45) is 6.55. The van der Waals surface area contributed by atoms with Crippen molar-refractivity contribution >= 4 is 11.3 Å². The maximum absolute atomic E-state index is 3.57. The minimum absolute atomic E-state index is 0.459. The third kappa shape index (κ3) is 3.85. The lowest BCUT2D eigenvalue weighted by molar-refractivity contribution is 0.117. The van der Waals surface area contributed by atoms with E-state index in [4.69, 9.17) is 0 Å². The quantitative estimate of drug-likeness (QED) is 0.832. The van der Waals surface area contributed by atoms with Crippen LogP contribution in [0.25, 0.3) is 0 Å². The van der Waals surface area contributed by atoms with Crippen LogP contribution in [-0.4, -0.2) is 13.1 Å². The molecule has 2 rings (SSSR count). The molecule has 0 amide bonds. The van der Waals surface area contributed by atoms with Gasteiger partial charge in [-0.1, -0.05) is 27.7 Å². The summed E-state index contributed by atoms with van der Waals surface area (Å²) in [6.45, 7) is 9.49. The Labute approximate surface area is 129 Å². The van der Waals surface area contributed by atoms with Crippen LogP contribution in [0, 0.1) is 17.3 Å². The second kappa shape index (κ2) is 6.62. The fourth-order valence-corrected chi connectivity index (χ4v) is 4.69. The predicted molar refractivity (Wildman–Crippen MR) is 90.5 cm³/mol. The molecule has 0 bridgehead atoms. The maximum atomic E-state index is 3.57. The molecule has 1 nitrogen and oxygen atoms in total. The van der Waals surface area contributed by atoms with E-state index in [2.05, 4.69) is 52.2 Å². The Hall–Kier alpha value is -0.340. The molecule has 0 saturated heterocycles. The molecule has 1 fully saturated rings. The first-order valence-electron chi connectivity index (χ1n) is 8.19. The molecule has 1 aromatic rings. The van der Waals surface area contributed by atoms with Gasteiger partial charge in [0.1, 0.15) is 0 Å². The molecule has 2 heteroatoms. The average molecular weight is 294 g/mol. The van der Waals surface area contributed by atoms with E-state index in [-0.39, 0.29) is 0 Å². The summed E-state index contributed by atoms with van der Waals surface area (Å²) in [5.41, 5.74) is 0.459. The molecule has 0 aromatic carbocycles. The second-order valence-corrected chi connectivity index (χ2v) is 8.71. The Kier molecular flexibility index (Phi) is 5.30. The van der Waals surface area contributed by atoms with Gasteiger partial charge < -0.3 is 5.32 Å². The highest BCUT2D eigenvalue weighted by atomic mass is 32.1. The first-order chi connectivity index (χ1) is 9.44. The zero-order valence-corrected chi connectivity index (χ0v) is 14.6. The SMILES string of the molecule is CCc1ccc(CC2CC(C(C)(C)C)CCC2NC)s1. The van der Waals surface area contributed by atoms with Gasteiger partial charge in [-0.3, -0.25) is 0 Å². The van der Waals surface area contributed by atoms with Crippen LogP contribution in [0.2, 0.25) is 0 Å². The van der Waals surface area contributed by atoms with Crippen molar-refractivity contribution in [3.8, 4) is 0 Å². The highest BCUT2D eigenvalue weighted by molar-refractivity contribution is 7.11. The molecule has 114 valence electrons. The topological polar surface area (TPSA) is 12.0 Å². The van der Waals surface area contributed by atoms with Crippen LogP contribution in [0.15, 0.2) is 12.1 Å². The molecule has 0 radical (unpaired) electrons. The lowest BCUT2D eigenvalue weighted by Gasteiger charge is -2.42. The number of aryl methyl sites for hydroxylation is 1. The standard InChI is InChI=1S/C18H31NS/c1-6-15-8-9-16(20-15)12-13-11-14(18(2,3)4)7-10-17(13)19-5/h8-9,13-14,17,19H,6-7,10-12H2,1-5H3. The predicted octanol–water partition coefficient (Wildman–Crippen LogP) is 4.90. The lowest BCUT2D eigenvalue weighted by atomic mass is 9.67. The smallest absolute Gasteiger partial charge is 0.00960 e. The fraction of sp³-hybridized carbons (Fsp3) is 0.778. The van der Waals surface area contributed by atoms with Crippen LogP contribution in [-0.2, 0) is 12.8 Å². The van der Waals surface area contributed by atoms with Gasteiger partial charge in [-0.2, -0.15) is 0 Å². The molecule has 20 heavy (non-hydrogen) atoms. The third-order valence-electron chi connectivity index (χ3n) is 5.11. The Morgan fingerprint density at radius 1 is 1.20 bits per heavy atom. The van der Waals surface area contributed by atoms with E-state index in [0.717, 1.165) is 11.8 Å². The van der Waals surface area contributed by atoms with E-state index < -0.39 is 0 Å². The van der Waals surface area contributed by atoms with Crippen molar-refractivity contribution in [1.82, 2.24) is 5.32 Å². The summed E-state index contributed by atoms with van der Waals surface area (Å²) in [5, 5.41) is 3.57. The van der Waals surface area contributed by atoms with Crippen molar-refractivity contribution < 1.29 is 0 Å². The summed E-state index contributed by atoms with van der Waals surface area (Å²) >= 11 is 2.02. The van der Waals surface area contributed by atoms with E-state index >= 15 is 0 Å². The van der Waals surface area contributed by atoms with Crippen molar-refractivity contribution in [3.63, 3.8) is 0 Å². The summed E-state index contributed by atoms with van der Waals surface area (Å²) in [6, 6.07) is 5.39. The van der Waals surface area contributed by atoms with Crippen LogP contribution in [0.1, 0.15) is 56.7 Å². The fourth-order valence-electron chi connectivity index (χ4n) is 3.64. The largest absolute Gasteiger partial charge is 0.317 e. The third-order valence-corrected chi connectivity index (χ3v) is 6.36. The molecule has 3 atom stereocenters. The van der Waals surface area contributed by atoms with Crippen molar-refractivity contribution in [2.45, 2.75) is 65.8 Å². The molecule has 1 heterocycles. The van der Waals surface area contributed by atoms with Gasteiger partial charge in [-0.15, -0.1) is 11.3 Å². The molecular formula is C18H31NS. The van der Waals surface area contributed by atoms with Gasteiger partial charge in [0.25, 0.3) is 0 Å². The Bertz CT molecular complexity index is 415. The van der Waals surface area contributed by atoms with E-state index in [1.807, 2.05) is 11.3 Å². The maximum Gasteiger partial charge on any atom is 0.00960 e. The summed E-state index contributed by atoms with van der Waals surface area (Å²) in [4.78, 5) is 3.12. The van der Waals surface area contributed by atoms with E-state index in [0.29, 0.717) is 11.5 Å². The Morgan fingerprint density at radius 2 is 1.90 bits per heavy atom. The van der Waals surface area contributed by atoms with Gasteiger partial charge in [-0.05, 0) is 68.5 Å². The van der Waals surface area contributed by atoms with Gasteiger partial charge in [0, 0.05) is 15.8 Å². The molecule has 3 unspecified atom stereocenters. The van der Waals surface area contributed by atoms with Gasteiger partial charge in [0.05, 0.1) is 0 Å². The summed E-state index contributed by atoms with van der Waals surface area (Å²) in [7, 11) is 2.14. The molecule has 1 saturated carbocycles. The average Bonchev–Trinajstić information content (AvgIpc) is 2.85. The zero-order chi connectivity index (χ0) is 14.8. The van der Waals surface area contributed by atoms with Gasteiger partial charge in [0.2, 0.25) is 0 Å². The second-order valence-electron chi connectivity index (χ2n) is 7.46. The number of nitrogens with one attached hydrogen (secondary N) is 1. The van der Waals surface area contributed by atoms with E-state index in [1.165, 1.54) is 37.0 Å². The van der Waals surface area contributed by atoms with Crippen molar-refractivity contribution in [2.24, 2.45) is 17.3 Å². The summed E-state index contributed by atoms with van der Waals surface area (Å²) < 4.78 is 0. The first-order valence-corrected chi connectivity index (χ1v) is 9.00. The number of rotatable bonds is 4. The molecule has 0 aliphatic heterocycles. The molecular weight excluding hydrogens is 262 g/mol. The minimum Gasteiger partial charge on any atom is -0.317 e. The van der Waals surface area contributed by atoms with Crippen LogP contribution in [0.3, 0.4) is 0 Å². The van der Waals surface area contributed by atoms with Crippen molar-refractivity contribution in [1.29, 1.82) is 0 Å². The van der Waals surface area contributed by atoms with Crippen molar-refractivity contribution in [3.05, 3.63) is 21.9 Å². The van der Waals surface area contributed by atoms with E-state index in [1.54, 1.807) is 4.88 Å². The minimum atomic E-state index is 0.459. The van der Waals surface area contributed by atoms with Crippen molar-refractivity contribution in [2.75, 3.05) is 7.05 Å². The molecule has 1 aliphatic carbocycles. The number of hydrogen-bond acceptors (Lipinski definition) is 2. The molecule has 1 aliphatic rings. The van der Waals surface area contributed by atoms with Crippen LogP contribution < -0.4 is 5.32 Å². The zero-order valence-electron chi connectivity index (χ0n) is 13.8. The monoisotopic (exact) mass is 293 g/mol. The highest BCUT2D eigenvalue weighted by Gasteiger charge is 2.35. The molecule has 1 N–H and O–H groups in total. The van der Waals surface area contributed by atoms with Gasteiger partial charge in [0.15, 0.2) is 0 Å². The highest BCUT2D eigenvalue weighted by Crippen LogP contribution is 2.41. The number of hydrogen-bond donors (Lipinski definition) is 1. The van der Waals surface area contributed by atoms with Crippen LogP contribution in [0.5, 0.6) is 0 Å². The number of thiophene rings is 1. The first kappa shape index (κ1) is 16.0. The van der Waals surface area contributed by atoms with Gasteiger partial charge >= 0.3 is 0 Å². The van der Waals surface area contributed by atoms with Crippen LogP contribution >= 0.6 is 11.3 Å². The van der Waals surface area contributed by atoms with Gasteiger partial charge in [-0.25, -0.2) is 0 Å². The van der Waals surface area contributed by atoms with E-state index in [9.17, 15) is 0 Å². The lowest BCUT2D eigenvalue weighted by Crippen LogP contribution is -2.42. The van der Waals surface area contributed by atoms with Crippen LogP contribution in [0.4, 0.5) is 0 Å². The summed E-state index contributed by atoms with van der Waals surface area (Å²) in [5.74, 6) is 1.68.